The van der Waals surface area contributed by atoms with Gasteiger partial charge in [0, 0.05) is 7.11 Å². The standard InChI is InChI=1S/C13H22O4/c1-9(2)13(11(14)16-4)12(17-13)8-6-5-7-10(12)15-3/h9-10H,5-8H2,1-4H3. The third-order valence-corrected chi connectivity index (χ3v) is 4.30. The average molecular weight is 242 g/mol. The fraction of sp³-hybridized carbons (Fsp3) is 0.923. The summed E-state index contributed by atoms with van der Waals surface area (Å²) < 4.78 is 16.4. The lowest BCUT2D eigenvalue weighted by molar-refractivity contribution is -0.149. The van der Waals surface area contributed by atoms with Crippen LogP contribution in [0.1, 0.15) is 39.5 Å². The average Bonchev–Trinajstić information content (AvgIpc) is 2.99. The molecular weight excluding hydrogens is 220 g/mol. The van der Waals surface area contributed by atoms with Crippen LogP contribution in [0.25, 0.3) is 0 Å². The summed E-state index contributed by atoms with van der Waals surface area (Å²) in [6.45, 7) is 4.01. The van der Waals surface area contributed by atoms with Gasteiger partial charge in [0.05, 0.1) is 13.2 Å². The van der Waals surface area contributed by atoms with Gasteiger partial charge in [0.1, 0.15) is 5.60 Å². The Kier molecular flexibility index (Phi) is 3.21. The Balaban J connectivity index is 2.30. The Morgan fingerprint density at radius 3 is 2.59 bits per heavy atom. The lowest BCUT2D eigenvalue weighted by Crippen LogP contribution is -2.48. The summed E-state index contributed by atoms with van der Waals surface area (Å²) in [5, 5.41) is 0. The molecule has 4 nitrogen and oxygen atoms in total. The van der Waals surface area contributed by atoms with Crippen LogP contribution in [0.2, 0.25) is 0 Å². The van der Waals surface area contributed by atoms with Crippen LogP contribution >= 0.6 is 0 Å². The van der Waals surface area contributed by atoms with E-state index in [2.05, 4.69) is 0 Å². The monoisotopic (exact) mass is 242 g/mol. The zero-order valence-electron chi connectivity index (χ0n) is 11.1. The number of epoxide rings is 1. The molecule has 2 fully saturated rings. The Morgan fingerprint density at radius 1 is 1.35 bits per heavy atom. The summed E-state index contributed by atoms with van der Waals surface area (Å²) in [6.07, 6.45) is 4.09. The number of esters is 1. The van der Waals surface area contributed by atoms with Crippen molar-refractivity contribution in [2.75, 3.05) is 14.2 Å². The molecule has 0 amide bonds. The van der Waals surface area contributed by atoms with Crippen molar-refractivity contribution in [1.29, 1.82) is 0 Å². The van der Waals surface area contributed by atoms with Crippen molar-refractivity contribution < 1.29 is 19.0 Å². The predicted octanol–water partition coefficient (Wildman–Crippen LogP) is 1.91. The van der Waals surface area contributed by atoms with E-state index >= 15 is 0 Å². The molecule has 1 aliphatic carbocycles. The van der Waals surface area contributed by atoms with E-state index < -0.39 is 11.2 Å². The van der Waals surface area contributed by atoms with Crippen LogP contribution in [0.15, 0.2) is 0 Å². The van der Waals surface area contributed by atoms with Crippen LogP contribution in [-0.2, 0) is 19.0 Å². The molecule has 1 heterocycles. The van der Waals surface area contributed by atoms with E-state index in [4.69, 9.17) is 14.2 Å². The summed E-state index contributed by atoms with van der Waals surface area (Å²) in [5.74, 6) is -0.151. The zero-order valence-corrected chi connectivity index (χ0v) is 11.1. The Morgan fingerprint density at radius 2 is 2.06 bits per heavy atom. The van der Waals surface area contributed by atoms with Crippen molar-refractivity contribution in [1.82, 2.24) is 0 Å². The molecule has 0 bridgehead atoms. The second-order valence-electron chi connectivity index (χ2n) is 5.34. The SMILES string of the molecule is COC(=O)C1(C(C)C)OC12CCCCC2OC. The van der Waals surface area contributed by atoms with E-state index in [1.807, 2.05) is 13.8 Å². The minimum atomic E-state index is -0.789. The molecule has 1 saturated heterocycles. The highest BCUT2D eigenvalue weighted by Gasteiger charge is 2.79. The molecule has 2 rings (SSSR count). The largest absolute Gasteiger partial charge is 0.467 e. The third-order valence-electron chi connectivity index (χ3n) is 4.30. The highest BCUT2D eigenvalue weighted by Crippen LogP contribution is 2.61. The molecule has 1 saturated carbocycles. The van der Waals surface area contributed by atoms with Crippen molar-refractivity contribution in [3.05, 3.63) is 0 Å². The molecule has 1 spiro atoms. The maximum atomic E-state index is 12.1. The van der Waals surface area contributed by atoms with Crippen LogP contribution in [0.3, 0.4) is 0 Å². The van der Waals surface area contributed by atoms with Crippen LogP contribution < -0.4 is 0 Å². The fourth-order valence-corrected chi connectivity index (χ4v) is 3.43. The second kappa shape index (κ2) is 4.25. The fourth-order valence-electron chi connectivity index (χ4n) is 3.43. The van der Waals surface area contributed by atoms with Gasteiger partial charge in [-0.05, 0) is 18.8 Å². The van der Waals surface area contributed by atoms with Gasteiger partial charge in [-0.3, -0.25) is 0 Å². The lowest BCUT2D eigenvalue weighted by Gasteiger charge is -2.31. The summed E-state index contributed by atoms with van der Waals surface area (Å²) in [4.78, 5) is 12.1. The van der Waals surface area contributed by atoms with E-state index in [0.717, 1.165) is 25.7 Å². The minimum Gasteiger partial charge on any atom is -0.467 e. The van der Waals surface area contributed by atoms with Gasteiger partial charge in [-0.15, -0.1) is 0 Å². The van der Waals surface area contributed by atoms with Gasteiger partial charge in [-0.2, -0.15) is 0 Å². The van der Waals surface area contributed by atoms with Crippen LogP contribution in [-0.4, -0.2) is 37.5 Å². The lowest BCUT2D eigenvalue weighted by atomic mass is 9.73. The number of carbonyl (C=O) groups excluding carboxylic acids is 1. The first-order valence-corrected chi connectivity index (χ1v) is 6.36. The normalized spacial score (nSPS) is 40.6. The summed E-state index contributed by atoms with van der Waals surface area (Å²) >= 11 is 0. The quantitative estimate of drug-likeness (QED) is 0.560. The molecule has 4 heteroatoms. The van der Waals surface area contributed by atoms with Gasteiger partial charge in [0.25, 0.3) is 0 Å². The van der Waals surface area contributed by atoms with Crippen molar-refractivity contribution in [3.8, 4) is 0 Å². The number of carbonyl (C=O) groups is 1. The first-order chi connectivity index (χ1) is 8.05. The summed E-state index contributed by atoms with van der Waals surface area (Å²) in [6, 6.07) is 0. The molecule has 98 valence electrons. The number of hydrogen-bond donors (Lipinski definition) is 0. The van der Waals surface area contributed by atoms with Crippen LogP contribution in [0, 0.1) is 5.92 Å². The van der Waals surface area contributed by atoms with Gasteiger partial charge in [0.2, 0.25) is 0 Å². The molecule has 3 unspecified atom stereocenters. The van der Waals surface area contributed by atoms with Gasteiger partial charge >= 0.3 is 5.97 Å². The molecule has 1 aliphatic heterocycles. The molecule has 0 aromatic heterocycles. The molecular formula is C13H22O4. The number of methoxy groups -OCH3 is 2. The number of hydrogen-bond acceptors (Lipinski definition) is 4. The van der Waals surface area contributed by atoms with Gasteiger partial charge in [-0.25, -0.2) is 4.79 Å². The maximum Gasteiger partial charge on any atom is 0.341 e. The molecule has 2 aliphatic rings. The zero-order chi connectivity index (χ0) is 12.7. The van der Waals surface area contributed by atoms with E-state index in [1.165, 1.54) is 7.11 Å². The topological polar surface area (TPSA) is 48.1 Å². The molecule has 3 atom stereocenters. The van der Waals surface area contributed by atoms with Crippen molar-refractivity contribution in [2.45, 2.75) is 56.8 Å². The Hall–Kier alpha value is -0.610. The van der Waals surface area contributed by atoms with Crippen molar-refractivity contribution >= 4 is 5.97 Å². The minimum absolute atomic E-state index is 0.0118. The first kappa shape index (κ1) is 12.8. The first-order valence-electron chi connectivity index (χ1n) is 6.36. The third kappa shape index (κ3) is 1.54. The molecule has 0 N–H and O–H groups in total. The summed E-state index contributed by atoms with van der Waals surface area (Å²) in [7, 11) is 3.12. The van der Waals surface area contributed by atoms with E-state index in [-0.39, 0.29) is 18.0 Å². The van der Waals surface area contributed by atoms with E-state index in [0.29, 0.717) is 0 Å². The van der Waals surface area contributed by atoms with Gasteiger partial charge < -0.3 is 14.2 Å². The van der Waals surface area contributed by atoms with E-state index in [1.54, 1.807) is 7.11 Å². The molecule has 0 aromatic carbocycles. The van der Waals surface area contributed by atoms with E-state index in [9.17, 15) is 4.79 Å². The van der Waals surface area contributed by atoms with Crippen LogP contribution in [0.4, 0.5) is 0 Å². The predicted molar refractivity (Wildman–Crippen MR) is 62.7 cm³/mol. The van der Waals surface area contributed by atoms with Crippen LogP contribution in [0.5, 0.6) is 0 Å². The van der Waals surface area contributed by atoms with Gasteiger partial charge in [0.15, 0.2) is 5.60 Å². The highest BCUT2D eigenvalue weighted by atomic mass is 16.7. The maximum absolute atomic E-state index is 12.1. The Bertz CT molecular complexity index is 315. The molecule has 0 aromatic rings. The second-order valence-corrected chi connectivity index (χ2v) is 5.34. The van der Waals surface area contributed by atoms with Crippen molar-refractivity contribution in [3.63, 3.8) is 0 Å². The molecule has 0 radical (unpaired) electrons. The van der Waals surface area contributed by atoms with Gasteiger partial charge in [-0.1, -0.05) is 26.7 Å². The highest BCUT2D eigenvalue weighted by molar-refractivity contribution is 5.85. The smallest absolute Gasteiger partial charge is 0.341 e. The summed E-state index contributed by atoms with van der Waals surface area (Å²) in [5.41, 5.74) is -1.23. The number of rotatable bonds is 3. The number of ether oxygens (including phenoxy) is 3. The van der Waals surface area contributed by atoms with Crippen molar-refractivity contribution in [2.24, 2.45) is 5.92 Å². The molecule has 17 heavy (non-hydrogen) atoms. The Labute approximate surface area is 103 Å².